The second-order valence-electron chi connectivity index (χ2n) is 6.46. The van der Waals surface area contributed by atoms with E-state index in [0.29, 0.717) is 40.2 Å². The number of furan rings is 1. The molecule has 7 nitrogen and oxygen atoms in total. The van der Waals surface area contributed by atoms with E-state index in [-0.39, 0.29) is 9.92 Å². The Bertz CT molecular complexity index is 1210. The molecule has 3 aromatic rings. The van der Waals surface area contributed by atoms with Gasteiger partial charge in [0.2, 0.25) is 5.88 Å². The summed E-state index contributed by atoms with van der Waals surface area (Å²) < 4.78 is 33.3. The van der Waals surface area contributed by atoms with Crippen LogP contribution in [0.4, 0.5) is 17.3 Å². The van der Waals surface area contributed by atoms with Crippen LogP contribution in [0.5, 0.6) is 0 Å². The number of rotatable bonds is 4. The van der Waals surface area contributed by atoms with Crippen LogP contribution in [-0.4, -0.2) is 20.9 Å². The Morgan fingerprint density at radius 3 is 2.59 bits per heavy atom. The first kappa shape index (κ1) is 19.6. The van der Waals surface area contributed by atoms with E-state index in [4.69, 9.17) is 33.0 Å². The van der Waals surface area contributed by atoms with Gasteiger partial charge in [-0.05, 0) is 55.0 Å². The van der Waals surface area contributed by atoms with Crippen molar-refractivity contribution in [2.45, 2.75) is 11.8 Å². The highest BCUT2D eigenvalue weighted by Crippen LogP contribution is 2.31. The number of nitrogens with zero attached hydrogens (tertiary/aromatic N) is 1. The third kappa shape index (κ3) is 3.66. The molecule has 29 heavy (non-hydrogen) atoms. The molecule has 0 radical (unpaired) electrons. The molecule has 1 aliphatic rings. The maximum Gasteiger partial charge on any atom is 0.263 e. The van der Waals surface area contributed by atoms with Gasteiger partial charge in [0.25, 0.3) is 10.0 Å². The number of amidine groups is 1. The Hall–Kier alpha value is -2.68. The van der Waals surface area contributed by atoms with Gasteiger partial charge in [0.15, 0.2) is 0 Å². The van der Waals surface area contributed by atoms with Gasteiger partial charge >= 0.3 is 0 Å². The van der Waals surface area contributed by atoms with Gasteiger partial charge in [0.1, 0.15) is 10.7 Å². The van der Waals surface area contributed by atoms with Crippen molar-refractivity contribution >= 4 is 56.3 Å². The predicted molar refractivity (Wildman–Crippen MR) is 115 cm³/mol. The molecule has 0 unspecified atom stereocenters. The number of benzene rings is 2. The lowest BCUT2D eigenvalue weighted by atomic mass is 10.2. The number of nitrogens with one attached hydrogen (secondary N) is 3. The van der Waals surface area contributed by atoms with Crippen LogP contribution in [0.25, 0.3) is 0 Å². The van der Waals surface area contributed by atoms with Gasteiger partial charge in [0, 0.05) is 16.4 Å². The highest BCUT2D eigenvalue weighted by Gasteiger charge is 2.25. The fourth-order valence-corrected chi connectivity index (χ4v) is 4.88. The topological polar surface area (TPSA) is 98.4 Å². The number of anilines is 3. The average Bonchev–Trinajstić information content (AvgIpc) is 3.15. The summed E-state index contributed by atoms with van der Waals surface area (Å²) in [5.41, 5.74) is 2.38. The lowest BCUT2D eigenvalue weighted by molar-refractivity contribution is 0.577. The van der Waals surface area contributed by atoms with Crippen LogP contribution < -0.4 is 14.9 Å². The minimum absolute atomic E-state index is 0.0420. The summed E-state index contributed by atoms with van der Waals surface area (Å²) in [4.78, 5) is 1.70. The molecule has 2 heterocycles. The molecule has 0 aliphatic carbocycles. The van der Waals surface area contributed by atoms with Crippen molar-refractivity contribution in [1.29, 1.82) is 5.41 Å². The summed E-state index contributed by atoms with van der Waals surface area (Å²) in [6.07, 6.45) is 1.52. The second-order valence-corrected chi connectivity index (χ2v) is 8.92. The first-order valence-corrected chi connectivity index (χ1v) is 10.8. The lowest BCUT2D eigenvalue weighted by Gasteiger charge is -2.29. The molecule has 0 saturated carbocycles. The Morgan fingerprint density at radius 1 is 1.14 bits per heavy atom. The molecule has 10 heteroatoms. The van der Waals surface area contributed by atoms with E-state index >= 15 is 0 Å². The molecule has 3 N–H and O–H groups in total. The van der Waals surface area contributed by atoms with E-state index in [9.17, 15) is 8.42 Å². The molecule has 1 aromatic heterocycles. The van der Waals surface area contributed by atoms with Crippen LogP contribution in [0.15, 0.2) is 58.0 Å². The molecule has 0 amide bonds. The van der Waals surface area contributed by atoms with Crippen molar-refractivity contribution in [3.05, 3.63) is 69.9 Å². The number of hydrogen-bond acceptors (Lipinski definition) is 5. The zero-order valence-electron chi connectivity index (χ0n) is 15.2. The van der Waals surface area contributed by atoms with Crippen LogP contribution in [0.1, 0.15) is 11.1 Å². The van der Waals surface area contributed by atoms with Gasteiger partial charge in [-0.3, -0.25) is 10.1 Å². The standard InChI is InChI=1S/C19H16Cl2N4O3S/c1-11-8-17(16(21)9-15(11)20)29(26,27)24-12-2-4-13(5-3-12)25-10-23-19-14(18(25)22)6-7-28-19/h2-9,22-24H,10H2,1H3. The molecule has 0 saturated heterocycles. The fourth-order valence-electron chi connectivity index (χ4n) is 2.98. The lowest BCUT2D eigenvalue weighted by Crippen LogP contribution is -2.39. The van der Waals surface area contributed by atoms with Crippen molar-refractivity contribution in [3.63, 3.8) is 0 Å². The van der Waals surface area contributed by atoms with E-state index in [0.717, 1.165) is 5.69 Å². The molecule has 0 spiro atoms. The number of fused-ring (bicyclic) bond motifs is 1. The average molecular weight is 451 g/mol. The molecule has 0 atom stereocenters. The predicted octanol–water partition coefficient (Wildman–Crippen LogP) is 4.91. The van der Waals surface area contributed by atoms with Crippen molar-refractivity contribution in [3.8, 4) is 0 Å². The summed E-state index contributed by atoms with van der Waals surface area (Å²) in [6, 6.07) is 11.3. The first-order chi connectivity index (χ1) is 13.8. The van der Waals surface area contributed by atoms with E-state index in [1.54, 1.807) is 42.2 Å². The minimum Gasteiger partial charge on any atom is -0.448 e. The zero-order valence-corrected chi connectivity index (χ0v) is 17.5. The molecular formula is C19H16Cl2N4O3S. The van der Waals surface area contributed by atoms with Gasteiger partial charge in [-0.25, -0.2) is 8.42 Å². The smallest absolute Gasteiger partial charge is 0.263 e. The van der Waals surface area contributed by atoms with Gasteiger partial charge in [-0.15, -0.1) is 0 Å². The Kier molecular flexibility index (Phi) is 4.94. The number of hydrogen-bond donors (Lipinski definition) is 3. The second kappa shape index (κ2) is 7.29. The fraction of sp³-hybridized carbons (Fsp3) is 0.105. The zero-order chi connectivity index (χ0) is 20.8. The number of aryl methyl sites for hydroxylation is 1. The van der Waals surface area contributed by atoms with Crippen LogP contribution in [0.3, 0.4) is 0 Å². The van der Waals surface area contributed by atoms with Crippen LogP contribution in [-0.2, 0) is 10.0 Å². The van der Waals surface area contributed by atoms with E-state index in [2.05, 4.69) is 10.0 Å². The maximum absolute atomic E-state index is 12.7. The Morgan fingerprint density at radius 2 is 1.86 bits per heavy atom. The van der Waals surface area contributed by atoms with Crippen molar-refractivity contribution in [1.82, 2.24) is 0 Å². The van der Waals surface area contributed by atoms with Crippen molar-refractivity contribution in [2.24, 2.45) is 0 Å². The quantitative estimate of drug-likeness (QED) is 0.524. The van der Waals surface area contributed by atoms with Crippen molar-refractivity contribution < 1.29 is 12.8 Å². The number of halogens is 2. The Balaban J connectivity index is 1.56. The largest absolute Gasteiger partial charge is 0.448 e. The maximum atomic E-state index is 12.7. The summed E-state index contributed by atoms with van der Waals surface area (Å²) in [6.45, 7) is 2.07. The van der Waals surface area contributed by atoms with Gasteiger partial charge in [-0.1, -0.05) is 23.2 Å². The van der Waals surface area contributed by atoms with Crippen molar-refractivity contribution in [2.75, 3.05) is 21.6 Å². The summed E-state index contributed by atoms with van der Waals surface area (Å²) >= 11 is 12.1. The van der Waals surface area contributed by atoms with Crippen LogP contribution >= 0.6 is 23.2 Å². The molecule has 1 aliphatic heterocycles. The molecule has 4 rings (SSSR count). The third-order valence-electron chi connectivity index (χ3n) is 4.52. The highest BCUT2D eigenvalue weighted by molar-refractivity contribution is 7.92. The summed E-state index contributed by atoms with van der Waals surface area (Å²) in [7, 11) is -3.89. The summed E-state index contributed by atoms with van der Waals surface area (Å²) in [5.74, 6) is 0.856. The molecule has 2 aromatic carbocycles. The first-order valence-electron chi connectivity index (χ1n) is 8.52. The molecule has 0 bridgehead atoms. The minimum atomic E-state index is -3.89. The normalized spacial score (nSPS) is 13.8. The number of sulfonamides is 1. The molecule has 150 valence electrons. The van der Waals surface area contributed by atoms with Gasteiger partial charge < -0.3 is 14.6 Å². The van der Waals surface area contributed by atoms with Gasteiger partial charge in [0.05, 0.1) is 23.5 Å². The van der Waals surface area contributed by atoms with Gasteiger partial charge in [-0.2, -0.15) is 0 Å². The van der Waals surface area contributed by atoms with E-state index in [1.165, 1.54) is 18.4 Å². The molecule has 0 fully saturated rings. The van der Waals surface area contributed by atoms with Crippen LogP contribution in [0, 0.1) is 12.3 Å². The SMILES string of the molecule is Cc1cc(S(=O)(=O)Nc2ccc(N3CNc4occc4C3=N)cc2)c(Cl)cc1Cl. The van der Waals surface area contributed by atoms with Crippen LogP contribution in [0.2, 0.25) is 10.0 Å². The summed E-state index contributed by atoms with van der Waals surface area (Å²) in [5, 5.41) is 11.9. The van der Waals surface area contributed by atoms with E-state index < -0.39 is 10.0 Å². The van der Waals surface area contributed by atoms with E-state index in [1.807, 2.05) is 0 Å². The Labute approximate surface area is 177 Å². The molecular weight excluding hydrogens is 435 g/mol. The monoisotopic (exact) mass is 450 g/mol. The highest BCUT2D eigenvalue weighted by atomic mass is 35.5. The third-order valence-corrected chi connectivity index (χ3v) is 6.78.